The van der Waals surface area contributed by atoms with Gasteiger partial charge in [-0.3, -0.25) is 14.8 Å². The summed E-state index contributed by atoms with van der Waals surface area (Å²) in [6, 6.07) is 5.02. The van der Waals surface area contributed by atoms with E-state index in [0.717, 1.165) is 21.4 Å². The molecule has 0 aliphatic carbocycles. The molecule has 2 heterocycles. The van der Waals surface area contributed by atoms with Crippen LogP contribution in [0.3, 0.4) is 0 Å². The van der Waals surface area contributed by atoms with E-state index in [1.807, 2.05) is 19.9 Å². The van der Waals surface area contributed by atoms with Gasteiger partial charge in [-0.2, -0.15) is 10.2 Å². The van der Waals surface area contributed by atoms with Gasteiger partial charge in [-0.25, -0.2) is 0 Å². The molecule has 0 saturated carbocycles. The Kier molecular flexibility index (Phi) is 5.37. The van der Waals surface area contributed by atoms with Crippen molar-refractivity contribution in [3.63, 3.8) is 0 Å². The number of rotatable bonds is 6. The van der Waals surface area contributed by atoms with Gasteiger partial charge < -0.3 is 11.1 Å². The first-order valence-electron chi connectivity index (χ1n) is 6.85. The van der Waals surface area contributed by atoms with E-state index >= 15 is 0 Å². The van der Waals surface area contributed by atoms with Crippen LogP contribution in [0.15, 0.2) is 18.2 Å². The Morgan fingerprint density at radius 2 is 2.04 bits per heavy atom. The molecule has 7 nitrogen and oxygen atoms in total. The molecule has 0 bridgehead atoms. The Morgan fingerprint density at radius 3 is 2.57 bits per heavy atom. The molecule has 124 valence electrons. The number of hydrogen-bond acceptors (Lipinski definition) is 7. The highest BCUT2D eigenvalue weighted by Crippen LogP contribution is 2.35. The number of nitrogens with two attached hydrogens (primary N) is 1. The molecule has 2 rings (SSSR count). The van der Waals surface area contributed by atoms with Gasteiger partial charge in [0.05, 0.1) is 10.4 Å². The van der Waals surface area contributed by atoms with E-state index in [1.165, 1.54) is 17.4 Å². The fourth-order valence-corrected chi connectivity index (χ4v) is 3.56. The summed E-state index contributed by atoms with van der Waals surface area (Å²) < 4.78 is 0. The Labute approximate surface area is 141 Å². The lowest BCUT2D eigenvalue weighted by Gasteiger charge is -2.24. The fraction of sp³-hybridized carbons (Fsp3) is 0.286. The number of primary amides is 1. The van der Waals surface area contributed by atoms with Crippen LogP contribution in [0.4, 0.5) is 10.0 Å². The molecule has 0 saturated heterocycles. The highest BCUT2D eigenvalue weighted by Gasteiger charge is 2.21. The third kappa shape index (κ3) is 3.88. The zero-order chi connectivity index (χ0) is 17.1. The Bertz CT molecular complexity index is 725. The molecule has 0 atom stereocenters. The number of nitrogens with one attached hydrogen (secondary N) is 1. The van der Waals surface area contributed by atoms with Crippen LogP contribution in [-0.4, -0.2) is 35.6 Å². The highest BCUT2D eigenvalue weighted by atomic mass is 32.1. The molecule has 2 aromatic rings. The third-order valence-electron chi connectivity index (χ3n) is 3.15. The maximum absolute atomic E-state index is 12.2. The van der Waals surface area contributed by atoms with Crippen molar-refractivity contribution in [1.29, 1.82) is 0 Å². The van der Waals surface area contributed by atoms with Crippen molar-refractivity contribution in [2.24, 2.45) is 5.73 Å². The average Bonchev–Trinajstić information content (AvgIpc) is 3.12. The van der Waals surface area contributed by atoms with Gasteiger partial charge in [0.25, 0.3) is 11.8 Å². The molecule has 0 aliphatic rings. The van der Waals surface area contributed by atoms with E-state index in [2.05, 4.69) is 5.32 Å². The first kappa shape index (κ1) is 17.4. The van der Waals surface area contributed by atoms with Crippen LogP contribution in [0.5, 0.6) is 0 Å². The van der Waals surface area contributed by atoms with Crippen molar-refractivity contribution in [2.45, 2.75) is 13.8 Å². The van der Waals surface area contributed by atoms with Crippen molar-refractivity contribution in [3.8, 4) is 0 Å². The molecule has 0 aromatic carbocycles. The minimum Gasteiger partial charge on any atom is -0.366 e. The van der Waals surface area contributed by atoms with E-state index in [0.29, 0.717) is 21.4 Å². The van der Waals surface area contributed by atoms with Gasteiger partial charge in [-0.1, -0.05) is 18.3 Å². The summed E-state index contributed by atoms with van der Waals surface area (Å²) in [5.74, 6) is -0.981. The number of nitrogens with zero attached hydrogens (tertiary/aromatic N) is 2. The van der Waals surface area contributed by atoms with Gasteiger partial charge in [0.15, 0.2) is 0 Å². The summed E-state index contributed by atoms with van der Waals surface area (Å²) in [6.07, 6.45) is 0. The first-order chi connectivity index (χ1) is 10.8. The number of hydrazine groups is 1. The lowest BCUT2D eigenvalue weighted by atomic mass is 10.3. The lowest BCUT2D eigenvalue weighted by molar-refractivity contribution is 0.0942. The second-order valence-corrected chi connectivity index (χ2v) is 7.14. The SMILES string of the molecule is CCN(C)N(O)c1cc(C(N)=O)c(NC(=O)c2ccc(C)s2)s1. The topological polar surface area (TPSA) is 98.9 Å². The molecular formula is C14H18N4O3S2. The Morgan fingerprint density at radius 1 is 1.35 bits per heavy atom. The minimum atomic E-state index is -0.669. The Balaban J connectivity index is 2.28. The zero-order valence-corrected chi connectivity index (χ0v) is 14.6. The quantitative estimate of drug-likeness (QED) is 0.692. The van der Waals surface area contributed by atoms with Crippen LogP contribution in [0.25, 0.3) is 0 Å². The summed E-state index contributed by atoms with van der Waals surface area (Å²) >= 11 is 2.43. The van der Waals surface area contributed by atoms with E-state index in [1.54, 1.807) is 18.1 Å². The Hall–Kier alpha value is -1.94. The van der Waals surface area contributed by atoms with Gasteiger partial charge in [0, 0.05) is 18.5 Å². The smallest absolute Gasteiger partial charge is 0.266 e. The predicted molar refractivity (Wildman–Crippen MR) is 92.4 cm³/mol. The normalized spacial score (nSPS) is 10.8. The van der Waals surface area contributed by atoms with Crippen molar-refractivity contribution < 1.29 is 14.8 Å². The standard InChI is InChI=1S/C14H18N4O3S2/c1-4-17(3)18(21)11-7-9(12(15)19)14(23-11)16-13(20)10-6-5-8(2)22-10/h5-7,21H,4H2,1-3H3,(H2,15,19)(H,16,20). The van der Waals surface area contributed by atoms with Crippen molar-refractivity contribution >= 4 is 44.5 Å². The first-order valence-corrected chi connectivity index (χ1v) is 8.48. The van der Waals surface area contributed by atoms with Gasteiger partial charge in [0.1, 0.15) is 10.0 Å². The zero-order valence-electron chi connectivity index (χ0n) is 13.0. The average molecular weight is 354 g/mol. The molecule has 23 heavy (non-hydrogen) atoms. The summed E-state index contributed by atoms with van der Waals surface area (Å²) in [7, 11) is 1.69. The van der Waals surface area contributed by atoms with Crippen LogP contribution in [0.2, 0.25) is 0 Å². The molecular weight excluding hydrogens is 336 g/mol. The molecule has 9 heteroatoms. The van der Waals surface area contributed by atoms with E-state index in [-0.39, 0.29) is 11.5 Å². The maximum Gasteiger partial charge on any atom is 0.266 e. The predicted octanol–water partition coefficient (Wildman–Crippen LogP) is 2.53. The summed E-state index contributed by atoms with van der Waals surface area (Å²) in [4.78, 5) is 25.4. The number of amides is 2. The second-order valence-electron chi connectivity index (χ2n) is 4.82. The van der Waals surface area contributed by atoms with Crippen LogP contribution in [0, 0.1) is 6.92 Å². The van der Waals surface area contributed by atoms with Crippen LogP contribution >= 0.6 is 22.7 Å². The molecule has 0 spiro atoms. The molecule has 0 unspecified atom stereocenters. The van der Waals surface area contributed by atoms with Crippen LogP contribution in [-0.2, 0) is 0 Å². The van der Waals surface area contributed by atoms with Gasteiger partial charge in [-0.05, 0) is 25.1 Å². The number of thiophene rings is 2. The number of aryl methyl sites for hydroxylation is 1. The van der Waals surface area contributed by atoms with Crippen molar-refractivity contribution in [1.82, 2.24) is 5.01 Å². The molecule has 0 radical (unpaired) electrons. The van der Waals surface area contributed by atoms with E-state index < -0.39 is 5.91 Å². The lowest BCUT2D eigenvalue weighted by Crippen LogP contribution is -2.36. The van der Waals surface area contributed by atoms with E-state index in [4.69, 9.17) is 5.73 Å². The molecule has 4 N–H and O–H groups in total. The molecule has 0 aliphatic heterocycles. The van der Waals surface area contributed by atoms with Gasteiger partial charge in [0.2, 0.25) is 0 Å². The van der Waals surface area contributed by atoms with Crippen LogP contribution < -0.4 is 16.2 Å². The van der Waals surface area contributed by atoms with Gasteiger partial charge in [-0.15, -0.1) is 11.3 Å². The van der Waals surface area contributed by atoms with E-state index in [9.17, 15) is 14.8 Å². The third-order valence-corrected chi connectivity index (χ3v) is 5.17. The molecule has 0 fully saturated rings. The van der Waals surface area contributed by atoms with Crippen molar-refractivity contribution in [2.75, 3.05) is 24.1 Å². The summed E-state index contributed by atoms with van der Waals surface area (Å²) in [5.41, 5.74) is 5.52. The molecule has 2 amide bonds. The fourth-order valence-electron chi connectivity index (χ4n) is 1.78. The van der Waals surface area contributed by atoms with Crippen molar-refractivity contribution in [3.05, 3.63) is 33.5 Å². The number of carbonyl (C=O) groups excluding carboxylic acids is 2. The number of carbonyl (C=O) groups is 2. The molecule has 2 aromatic heterocycles. The minimum absolute atomic E-state index is 0.162. The maximum atomic E-state index is 12.2. The largest absolute Gasteiger partial charge is 0.366 e. The monoisotopic (exact) mass is 354 g/mol. The summed E-state index contributed by atoms with van der Waals surface area (Å²) in [6.45, 7) is 4.34. The summed E-state index contributed by atoms with van der Waals surface area (Å²) in [5, 5.41) is 15.9. The van der Waals surface area contributed by atoms with Crippen LogP contribution in [0.1, 0.15) is 31.8 Å². The van der Waals surface area contributed by atoms with Gasteiger partial charge >= 0.3 is 0 Å². The highest BCUT2D eigenvalue weighted by molar-refractivity contribution is 7.20. The second kappa shape index (κ2) is 7.09. The number of hydrogen-bond donors (Lipinski definition) is 3. The number of anilines is 2.